The topological polar surface area (TPSA) is 20.2 Å². The molecule has 0 aliphatic rings. The third kappa shape index (κ3) is 8.04. The first-order valence-corrected chi connectivity index (χ1v) is 5.30. The number of hydrogen-bond donors (Lipinski definition) is 1. The summed E-state index contributed by atoms with van der Waals surface area (Å²) in [5.41, 5.74) is 1.41. The van der Waals surface area contributed by atoms with E-state index in [4.69, 9.17) is 5.11 Å². The summed E-state index contributed by atoms with van der Waals surface area (Å²) in [7, 11) is 0. The molecule has 0 bridgehead atoms. The maximum Gasteiger partial charge on any atom is 0.0456 e. The Morgan fingerprint density at radius 1 is 1.23 bits per heavy atom. The molecule has 0 aromatic rings. The Balaban J connectivity index is 3.51. The van der Waals surface area contributed by atoms with Crippen LogP contribution in [0.4, 0.5) is 0 Å². The molecule has 0 fully saturated rings. The lowest BCUT2D eigenvalue weighted by Gasteiger charge is -2.14. The summed E-state index contributed by atoms with van der Waals surface area (Å²) in [6.07, 6.45) is 5.87. The Hall–Kier alpha value is -0.300. The van der Waals surface area contributed by atoms with Gasteiger partial charge in [0.1, 0.15) is 0 Å². The molecule has 0 amide bonds. The highest BCUT2D eigenvalue weighted by Crippen LogP contribution is 2.16. The van der Waals surface area contributed by atoms with Crippen LogP contribution < -0.4 is 0 Å². The molecule has 0 aliphatic carbocycles. The molecule has 0 aromatic carbocycles. The van der Waals surface area contributed by atoms with E-state index in [1.807, 2.05) is 0 Å². The Labute approximate surface area is 82.9 Å². The van der Waals surface area contributed by atoms with Crippen LogP contribution in [0.5, 0.6) is 0 Å². The number of allylic oxidation sites excluding steroid dienone is 2. The zero-order chi connectivity index (χ0) is 10.3. The van der Waals surface area contributed by atoms with Crippen molar-refractivity contribution >= 4 is 0 Å². The van der Waals surface area contributed by atoms with Crippen molar-refractivity contribution in [1.29, 1.82) is 0 Å². The molecule has 0 rings (SSSR count). The van der Waals surface area contributed by atoms with Crippen molar-refractivity contribution in [3.05, 3.63) is 11.6 Å². The Bertz CT molecular complexity index is 145. The third-order valence-corrected chi connectivity index (χ3v) is 2.33. The van der Waals surface area contributed by atoms with E-state index in [2.05, 4.69) is 33.8 Å². The van der Waals surface area contributed by atoms with Crippen LogP contribution in [0, 0.1) is 11.8 Å². The predicted molar refractivity (Wildman–Crippen MR) is 58.7 cm³/mol. The molecule has 1 N–H and O–H groups in total. The highest BCUT2D eigenvalue weighted by molar-refractivity contribution is 4.92. The van der Waals surface area contributed by atoms with Gasteiger partial charge >= 0.3 is 0 Å². The smallest absolute Gasteiger partial charge is 0.0456 e. The maximum atomic E-state index is 8.89. The minimum Gasteiger partial charge on any atom is -0.396 e. The average molecular weight is 184 g/mol. The third-order valence-electron chi connectivity index (χ3n) is 2.33. The van der Waals surface area contributed by atoms with E-state index in [9.17, 15) is 0 Å². The lowest BCUT2D eigenvalue weighted by Crippen LogP contribution is -2.06. The van der Waals surface area contributed by atoms with Crippen LogP contribution >= 0.6 is 0 Å². The minimum absolute atomic E-state index is 0.326. The summed E-state index contributed by atoms with van der Waals surface area (Å²) in [4.78, 5) is 0. The van der Waals surface area contributed by atoms with Gasteiger partial charge in [-0.15, -0.1) is 0 Å². The van der Waals surface area contributed by atoms with E-state index >= 15 is 0 Å². The monoisotopic (exact) mass is 184 g/mol. The first-order chi connectivity index (χ1) is 6.06. The summed E-state index contributed by atoms with van der Waals surface area (Å²) in [6, 6.07) is 0. The largest absolute Gasteiger partial charge is 0.396 e. The van der Waals surface area contributed by atoms with Crippen LogP contribution in [0.2, 0.25) is 0 Å². The van der Waals surface area contributed by atoms with Crippen LogP contribution in [0.25, 0.3) is 0 Å². The molecule has 0 radical (unpaired) electrons. The summed E-state index contributed by atoms with van der Waals surface area (Å²) in [6.45, 7) is 8.98. The van der Waals surface area contributed by atoms with Crippen molar-refractivity contribution < 1.29 is 5.11 Å². The van der Waals surface area contributed by atoms with Crippen LogP contribution in [0.15, 0.2) is 11.6 Å². The van der Waals surface area contributed by atoms with Gasteiger partial charge in [0.25, 0.3) is 0 Å². The van der Waals surface area contributed by atoms with Crippen molar-refractivity contribution in [2.24, 2.45) is 11.8 Å². The molecular formula is C12H24O. The van der Waals surface area contributed by atoms with E-state index in [0.29, 0.717) is 12.5 Å². The maximum absolute atomic E-state index is 8.89. The van der Waals surface area contributed by atoms with Gasteiger partial charge in [0.15, 0.2) is 0 Å². The minimum atomic E-state index is 0.326. The van der Waals surface area contributed by atoms with Crippen LogP contribution in [0.1, 0.15) is 47.0 Å². The fourth-order valence-electron chi connectivity index (χ4n) is 1.54. The predicted octanol–water partition coefficient (Wildman–Crippen LogP) is 3.39. The van der Waals surface area contributed by atoms with Gasteiger partial charge in [-0.25, -0.2) is 0 Å². The van der Waals surface area contributed by atoms with Gasteiger partial charge < -0.3 is 5.11 Å². The number of aliphatic hydroxyl groups is 1. The molecule has 0 unspecified atom stereocenters. The van der Waals surface area contributed by atoms with Gasteiger partial charge in [-0.3, -0.25) is 0 Å². The summed E-state index contributed by atoms with van der Waals surface area (Å²) in [5.74, 6) is 1.19. The van der Waals surface area contributed by atoms with Gasteiger partial charge in [-0.1, -0.05) is 25.5 Å². The Kier molecular flexibility index (Phi) is 6.97. The highest BCUT2D eigenvalue weighted by Gasteiger charge is 2.06. The Morgan fingerprint density at radius 3 is 2.31 bits per heavy atom. The van der Waals surface area contributed by atoms with Crippen molar-refractivity contribution in [2.45, 2.75) is 47.0 Å². The van der Waals surface area contributed by atoms with Crippen molar-refractivity contribution in [2.75, 3.05) is 6.61 Å². The summed E-state index contributed by atoms with van der Waals surface area (Å²) >= 11 is 0. The Morgan fingerprint density at radius 2 is 1.85 bits per heavy atom. The van der Waals surface area contributed by atoms with E-state index in [1.165, 1.54) is 18.4 Å². The molecule has 13 heavy (non-hydrogen) atoms. The van der Waals surface area contributed by atoms with Crippen molar-refractivity contribution in [3.63, 3.8) is 0 Å². The van der Waals surface area contributed by atoms with Crippen LogP contribution in [-0.2, 0) is 0 Å². The molecule has 0 heterocycles. The molecule has 78 valence electrons. The first kappa shape index (κ1) is 12.7. The standard InChI is InChI=1S/C12H24O/c1-10(2)6-5-7-11(3)8-12(4)9-13/h6,11-13H,5,7-9H2,1-4H3/t11-,12+/m0/s1. The molecule has 0 spiro atoms. The number of rotatable bonds is 6. The number of hydrogen-bond acceptors (Lipinski definition) is 1. The van der Waals surface area contributed by atoms with E-state index < -0.39 is 0 Å². The second kappa shape index (κ2) is 7.14. The van der Waals surface area contributed by atoms with E-state index in [1.54, 1.807) is 0 Å². The highest BCUT2D eigenvalue weighted by atomic mass is 16.3. The van der Waals surface area contributed by atoms with Gasteiger partial charge in [0, 0.05) is 6.61 Å². The molecule has 0 aliphatic heterocycles. The second-order valence-electron chi connectivity index (χ2n) is 4.49. The van der Waals surface area contributed by atoms with Crippen LogP contribution in [0.3, 0.4) is 0 Å². The average Bonchev–Trinajstić information content (AvgIpc) is 2.03. The second-order valence-corrected chi connectivity index (χ2v) is 4.49. The van der Waals surface area contributed by atoms with Gasteiger partial charge in [0.2, 0.25) is 0 Å². The van der Waals surface area contributed by atoms with Crippen molar-refractivity contribution in [3.8, 4) is 0 Å². The SMILES string of the molecule is CC(C)=CCC[C@H](C)C[C@@H](C)CO. The zero-order valence-corrected chi connectivity index (χ0v) is 9.51. The normalized spacial score (nSPS) is 15.2. The molecule has 0 saturated carbocycles. The van der Waals surface area contributed by atoms with E-state index in [-0.39, 0.29) is 0 Å². The van der Waals surface area contributed by atoms with Gasteiger partial charge in [-0.05, 0) is 44.9 Å². The summed E-state index contributed by atoms with van der Waals surface area (Å²) < 4.78 is 0. The van der Waals surface area contributed by atoms with Crippen molar-refractivity contribution in [1.82, 2.24) is 0 Å². The zero-order valence-electron chi connectivity index (χ0n) is 9.51. The van der Waals surface area contributed by atoms with Gasteiger partial charge in [-0.2, -0.15) is 0 Å². The quantitative estimate of drug-likeness (QED) is 0.627. The lowest BCUT2D eigenvalue weighted by atomic mass is 9.94. The number of aliphatic hydroxyl groups excluding tert-OH is 1. The fourth-order valence-corrected chi connectivity index (χ4v) is 1.54. The molecule has 2 atom stereocenters. The molecule has 1 heteroatoms. The molecule has 0 aromatic heterocycles. The fraction of sp³-hybridized carbons (Fsp3) is 0.833. The van der Waals surface area contributed by atoms with Gasteiger partial charge in [0.05, 0.1) is 0 Å². The molecule has 0 saturated heterocycles. The summed E-state index contributed by atoms with van der Waals surface area (Å²) in [5, 5.41) is 8.89. The van der Waals surface area contributed by atoms with Crippen LogP contribution in [-0.4, -0.2) is 11.7 Å². The lowest BCUT2D eigenvalue weighted by molar-refractivity contribution is 0.213. The first-order valence-electron chi connectivity index (χ1n) is 5.30. The molecule has 1 nitrogen and oxygen atoms in total. The molecular weight excluding hydrogens is 160 g/mol. The van der Waals surface area contributed by atoms with E-state index in [0.717, 1.165) is 12.3 Å².